The number of aromatic nitrogens is 1. The van der Waals surface area contributed by atoms with Gasteiger partial charge < -0.3 is 25.7 Å². The van der Waals surface area contributed by atoms with Gasteiger partial charge in [0, 0.05) is 35.7 Å². The minimum atomic E-state index is -0.700. The molecular formula is C27H39Cl3FN5O4. The Hall–Kier alpha value is -2.63. The van der Waals surface area contributed by atoms with Crippen molar-refractivity contribution in [3.8, 4) is 0 Å². The Kier molecular flexibility index (Phi) is 16.1. The molecule has 40 heavy (non-hydrogen) atoms. The molecule has 0 unspecified atom stereocenters. The molecular weight excluding hydrogens is 584 g/mol. The highest BCUT2D eigenvalue weighted by Crippen LogP contribution is 2.34. The van der Waals surface area contributed by atoms with Crippen LogP contribution in [0.15, 0.2) is 18.2 Å². The highest BCUT2D eigenvalue weighted by atomic mass is 35.5. The summed E-state index contributed by atoms with van der Waals surface area (Å²) < 4.78 is 19.2. The number of fused-ring (bicyclic) bond motifs is 1. The lowest BCUT2D eigenvalue weighted by atomic mass is 10.0. The first-order valence-corrected chi connectivity index (χ1v) is 12.6. The summed E-state index contributed by atoms with van der Waals surface area (Å²) in [7, 11) is 0. The number of rotatable bonds is 11. The lowest BCUT2D eigenvalue weighted by Crippen LogP contribution is -2.43. The van der Waals surface area contributed by atoms with Gasteiger partial charge in [0.25, 0.3) is 11.8 Å². The van der Waals surface area contributed by atoms with Crippen LogP contribution >= 0.6 is 37.2 Å². The average molecular weight is 623 g/mol. The molecule has 9 nitrogen and oxygen atoms in total. The van der Waals surface area contributed by atoms with Gasteiger partial charge in [0.2, 0.25) is 0 Å². The molecule has 1 aliphatic heterocycles. The number of ether oxygens (including phenoxy) is 1. The molecule has 3 rings (SSSR count). The van der Waals surface area contributed by atoms with Gasteiger partial charge in [-0.25, -0.2) is 14.1 Å². The van der Waals surface area contributed by atoms with E-state index in [0.29, 0.717) is 53.3 Å². The summed E-state index contributed by atoms with van der Waals surface area (Å²) in [5, 5.41) is 2.72. The molecule has 3 amide bonds. The van der Waals surface area contributed by atoms with Crippen molar-refractivity contribution in [1.29, 1.82) is 0 Å². The van der Waals surface area contributed by atoms with E-state index in [1.165, 1.54) is 18.2 Å². The fourth-order valence-electron chi connectivity index (χ4n) is 4.36. The number of anilines is 1. The summed E-state index contributed by atoms with van der Waals surface area (Å²) >= 11 is 0. The molecule has 0 bridgehead atoms. The van der Waals surface area contributed by atoms with Crippen molar-refractivity contribution in [1.82, 2.24) is 14.8 Å². The van der Waals surface area contributed by atoms with Crippen LogP contribution in [-0.2, 0) is 9.53 Å². The molecule has 1 aromatic heterocycles. The number of nitrogens with two attached hydrogens (primary N) is 1. The number of aryl methyl sites for hydroxylation is 1. The Morgan fingerprint density at radius 2 is 1.75 bits per heavy atom. The Labute approximate surface area is 253 Å². The monoisotopic (exact) mass is 621 g/mol. The summed E-state index contributed by atoms with van der Waals surface area (Å²) in [4.78, 5) is 45.6. The van der Waals surface area contributed by atoms with E-state index in [-0.39, 0.29) is 61.9 Å². The van der Waals surface area contributed by atoms with Gasteiger partial charge in [0.1, 0.15) is 5.82 Å². The number of likely N-dealkylation sites (N-methyl/N-ethyl adjacent to an activating group) is 1. The molecule has 0 spiro atoms. The van der Waals surface area contributed by atoms with Crippen molar-refractivity contribution < 1.29 is 23.5 Å². The number of amides is 3. The molecule has 1 aliphatic rings. The van der Waals surface area contributed by atoms with Crippen molar-refractivity contribution in [2.75, 3.05) is 44.6 Å². The fraction of sp³-hybridized carbons (Fsp3) is 0.444. The van der Waals surface area contributed by atoms with Gasteiger partial charge in [0.05, 0.1) is 17.7 Å². The molecule has 0 aliphatic carbocycles. The number of carbonyl (C=O) groups excluding carboxylic acids is 3. The lowest BCUT2D eigenvalue weighted by Gasteiger charge is -2.25. The van der Waals surface area contributed by atoms with Crippen LogP contribution in [0.3, 0.4) is 0 Å². The third-order valence-electron chi connectivity index (χ3n) is 6.57. The first-order chi connectivity index (χ1) is 17.7. The number of nitrogens with one attached hydrogen (secondary N) is 2. The van der Waals surface area contributed by atoms with Crippen molar-refractivity contribution in [3.63, 3.8) is 0 Å². The quantitative estimate of drug-likeness (QED) is 0.234. The van der Waals surface area contributed by atoms with Gasteiger partial charge in [-0.2, -0.15) is 0 Å². The number of aromatic amines is 1. The Morgan fingerprint density at radius 3 is 2.38 bits per heavy atom. The fourth-order valence-corrected chi connectivity index (χ4v) is 4.36. The highest BCUT2D eigenvalue weighted by Gasteiger charge is 2.30. The zero-order chi connectivity index (χ0) is 27.1. The summed E-state index contributed by atoms with van der Waals surface area (Å²) in [6, 6.07) is 4.09. The smallest absolute Gasteiger partial charge is 0.416 e. The van der Waals surface area contributed by atoms with E-state index in [1.54, 1.807) is 19.9 Å². The number of carbonyl (C=O) groups is 3. The summed E-state index contributed by atoms with van der Waals surface area (Å²) in [5.41, 5.74) is 8.77. The molecule has 0 atom stereocenters. The van der Waals surface area contributed by atoms with Crippen LogP contribution in [0, 0.1) is 19.7 Å². The second-order valence-electron chi connectivity index (χ2n) is 8.96. The number of nitrogens with zero attached hydrogens (tertiary/aromatic N) is 2. The maximum absolute atomic E-state index is 13.9. The third kappa shape index (κ3) is 8.68. The molecule has 0 saturated carbocycles. The number of imide groups is 1. The van der Waals surface area contributed by atoms with Crippen molar-refractivity contribution >= 4 is 72.5 Å². The standard InChI is InChI=1S/C27H36FN5O4.3ClH/c1-5-32(6-2)12-13-33(27(36)37-14-8-7-11-29)26(35)24-17(3)23(30-18(24)4)16-21-20-15-19(28)9-10-22(20)31-25(21)34;;;/h9-10,15-16,30H,5-8,11-14,29H2,1-4H3,(H,31,34);3*1H. The molecule has 224 valence electrons. The predicted molar refractivity (Wildman–Crippen MR) is 163 cm³/mol. The second-order valence-corrected chi connectivity index (χ2v) is 8.96. The van der Waals surface area contributed by atoms with Gasteiger partial charge in [-0.3, -0.25) is 9.59 Å². The number of halogens is 4. The molecule has 0 fully saturated rings. The van der Waals surface area contributed by atoms with Gasteiger partial charge in [-0.05, 0) is 76.2 Å². The Bertz CT molecular complexity index is 1200. The van der Waals surface area contributed by atoms with Crippen molar-refractivity contribution in [3.05, 3.63) is 52.1 Å². The van der Waals surface area contributed by atoms with Crippen molar-refractivity contribution in [2.24, 2.45) is 5.73 Å². The molecule has 13 heteroatoms. The number of H-pyrrole nitrogens is 1. The molecule has 1 aromatic carbocycles. The zero-order valence-electron chi connectivity index (χ0n) is 23.2. The van der Waals surface area contributed by atoms with E-state index in [0.717, 1.165) is 24.4 Å². The molecule has 2 aromatic rings. The maximum Gasteiger partial charge on any atom is 0.416 e. The minimum absolute atomic E-state index is 0. The van der Waals surface area contributed by atoms with Crippen LogP contribution in [0.2, 0.25) is 0 Å². The van der Waals surface area contributed by atoms with Crippen LogP contribution < -0.4 is 11.1 Å². The van der Waals surface area contributed by atoms with Crippen LogP contribution in [0.1, 0.15) is 59.6 Å². The van der Waals surface area contributed by atoms with Gasteiger partial charge in [-0.1, -0.05) is 13.8 Å². The van der Waals surface area contributed by atoms with E-state index in [9.17, 15) is 18.8 Å². The normalized spacial score (nSPS) is 12.7. The SMILES string of the molecule is CCN(CC)CCN(C(=O)OCCCCN)C(=O)c1c(C)[nH]c(C=C2C(=O)Nc3ccc(F)cc32)c1C.Cl.Cl.Cl. The van der Waals surface area contributed by atoms with E-state index >= 15 is 0 Å². The molecule has 2 heterocycles. The van der Waals surface area contributed by atoms with Crippen LogP contribution in [0.25, 0.3) is 11.6 Å². The Morgan fingerprint density at radius 1 is 1.07 bits per heavy atom. The topological polar surface area (TPSA) is 121 Å². The van der Waals surface area contributed by atoms with Crippen LogP contribution in [-0.4, -0.2) is 72.0 Å². The average Bonchev–Trinajstić information content (AvgIpc) is 3.33. The van der Waals surface area contributed by atoms with E-state index in [4.69, 9.17) is 10.5 Å². The number of benzene rings is 1. The molecule has 0 radical (unpaired) electrons. The number of unbranched alkanes of at least 4 members (excludes halogenated alkanes) is 1. The van der Waals surface area contributed by atoms with Crippen molar-refractivity contribution in [2.45, 2.75) is 40.5 Å². The maximum atomic E-state index is 13.9. The van der Waals surface area contributed by atoms with Crippen LogP contribution in [0.4, 0.5) is 14.9 Å². The first-order valence-electron chi connectivity index (χ1n) is 12.6. The second kappa shape index (κ2) is 17.2. The number of hydrogen-bond acceptors (Lipinski definition) is 6. The minimum Gasteiger partial charge on any atom is -0.449 e. The highest BCUT2D eigenvalue weighted by molar-refractivity contribution is 6.35. The van der Waals surface area contributed by atoms with E-state index < -0.39 is 17.8 Å². The Balaban J connectivity index is 0.00000507. The largest absolute Gasteiger partial charge is 0.449 e. The number of hydrogen-bond donors (Lipinski definition) is 3. The first kappa shape index (κ1) is 37.4. The molecule has 4 N–H and O–H groups in total. The van der Waals surface area contributed by atoms with E-state index in [1.807, 2.05) is 13.8 Å². The molecule has 0 saturated heterocycles. The lowest BCUT2D eigenvalue weighted by molar-refractivity contribution is -0.110. The summed E-state index contributed by atoms with van der Waals surface area (Å²) in [6.07, 6.45) is 2.24. The third-order valence-corrected chi connectivity index (χ3v) is 6.57. The van der Waals surface area contributed by atoms with Crippen LogP contribution in [0.5, 0.6) is 0 Å². The predicted octanol–water partition coefficient (Wildman–Crippen LogP) is 5.19. The van der Waals surface area contributed by atoms with Gasteiger partial charge in [0.15, 0.2) is 0 Å². The zero-order valence-corrected chi connectivity index (χ0v) is 25.6. The van der Waals surface area contributed by atoms with E-state index in [2.05, 4.69) is 15.2 Å². The summed E-state index contributed by atoms with van der Waals surface area (Å²) in [6.45, 7) is 10.5. The van der Waals surface area contributed by atoms with Gasteiger partial charge in [-0.15, -0.1) is 37.2 Å². The van der Waals surface area contributed by atoms with Gasteiger partial charge >= 0.3 is 6.09 Å². The summed E-state index contributed by atoms with van der Waals surface area (Å²) in [5.74, 6) is -1.29.